The Hall–Kier alpha value is -7.77. The van der Waals surface area contributed by atoms with E-state index in [1.165, 1.54) is 21.5 Å². The van der Waals surface area contributed by atoms with E-state index in [1.54, 1.807) is 22.7 Å². The predicted molar refractivity (Wildman–Crippen MR) is 310 cm³/mol. The van der Waals surface area contributed by atoms with Crippen molar-refractivity contribution >= 4 is 131 Å². The van der Waals surface area contributed by atoms with Gasteiger partial charge >= 0.3 is 7.12 Å². The van der Waals surface area contributed by atoms with Crippen molar-refractivity contribution in [3.05, 3.63) is 199 Å². The lowest BCUT2D eigenvalue weighted by Gasteiger charge is -2.32. The molecular weight excluding hydrogens is 971 g/mol. The lowest BCUT2D eigenvalue weighted by Crippen LogP contribution is -2.41. The molecule has 15 rings (SSSR count). The standard InChI is InChI=1S/C34H28BN3O2S.C28H16ClN3S/c1-33(2)34(3,4)40-35(39-33)22-18-19-28-25(20-22)30-31(41-28)29(21-12-6-5-7-13-21)36-32(37-30)38-26-16-10-8-14-23(26)24-15-9-11-17-27(24)38;29-18-14-15-24-21(16-18)26-27(33-24)25(17-8-2-1-3-9-17)30-28(31-26)32-22-12-6-4-10-19(22)20-11-5-7-13-23(20)32/h5-20H,1-4H3;1-16H. The van der Waals surface area contributed by atoms with Gasteiger partial charge < -0.3 is 9.31 Å². The molecule has 14 aromatic rings. The minimum absolute atomic E-state index is 0.407. The molecule has 8 nitrogen and oxygen atoms in total. The molecule has 1 fully saturated rings. The van der Waals surface area contributed by atoms with Gasteiger partial charge in [-0.1, -0.05) is 157 Å². The van der Waals surface area contributed by atoms with E-state index in [0.29, 0.717) is 16.9 Å². The van der Waals surface area contributed by atoms with Crippen molar-refractivity contribution < 1.29 is 9.31 Å². The summed E-state index contributed by atoms with van der Waals surface area (Å²) in [5, 5.41) is 7.61. The minimum atomic E-state index is -0.438. The Morgan fingerprint density at radius 2 is 0.797 bits per heavy atom. The van der Waals surface area contributed by atoms with Crippen molar-refractivity contribution in [2.75, 3.05) is 0 Å². The molecule has 0 amide bonds. The molecule has 7 heterocycles. The van der Waals surface area contributed by atoms with Crippen LogP contribution in [0.3, 0.4) is 0 Å². The van der Waals surface area contributed by atoms with Crippen LogP contribution < -0.4 is 5.46 Å². The SMILES string of the molecule is CC1(C)OB(c2ccc3sc4c(-c5ccccc5)nc(-n5c6ccccc6c6ccccc65)nc4c3c2)OC1(C)C.Clc1ccc2sc3c(-c4ccccc4)nc(-n4c5ccccc5c5ccccc54)nc3c2c1. The summed E-state index contributed by atoms with van der Waals surface area (Å²) in [6.07, 6.45) is 0. The summed E-state index contributed by atoms with van der Waals surface area (Å²) in [4.78, 5) is 20.9. The van der Waals surface area contributed by atoms with Gasteiger partial charge in [0.05, 0.1) is 65.1 Å². The first kappa shape index (κ1) is 44.9. The molecule has 74 heavy (non-hydrogen) atoms. The van der Waals surface area contributed by atoms with Crippen LogP contribution >= 0.6 is 34.3 Å². The van der Waals surface area contributed by atoms with Gasteiger partial charge in [0, 0.05) is 57.9 Å². The first-order valence-corrected chi connectivity index (χ1v) is 26.7. The zero-order chi connectivity index (χ0) is 49.9. The molecule has 1 aliphatic heterocycles. The van der Waals surface area contributed by atoms with E-state index in [0.717, 1.165) is 90.6 Å². The maximum Gasteiger partial charge on any atom is 0.494 e. The van der Waals surface area contributed by atoms with E-state index >= 15 is 0 Å². The molecule has 1 saturated heterocycles. The quantitative estimate of drug-likeness (QED) is 0.160. The molecular formula is C62H44BClN6O2S2. The van der Waals surface area contributed by atoms with Crippen LogP contribution in [-0.2, 0) is 9.31 Å². The zero-order valence-electron chi connectivity index (χ0n) is 40.7. The van der Waals surface area contributed by atoms with E-state index in [2.05, 4.69) is 195 Å². The first-order valence-electron chi connectivity index (χ1n) is 24.7. The van der Waals surface area contributed by atoms with Gasteiger partial charge in [0.2, 0.25) is 11.9 Å². The third-order valence-electron chi connectivity index (χ3n) is 14.8. The van der Waals surface area contributed by atoms with Crippen molar-refractivity contribution in [3.8, 4) is 34.4 Å². The normalized spacial score (nSPS) is 14.4. The third-order valence-corrected chi connectivity index (χ3v) is 17.3. The number of benzene rings is 8. The van der Waals surface area contributed by atoms with Crippen LogP contribution in [0.1, 0.15) is 27.7 Å². The molecule has 6 aromatic heterocycles. The summed E-state index contributed by atoms with van der Waals surface area (Å²) < 4.78 is 21.6. The highest BCUT2D eigenvalue weighted by atomic mass is 35.5. The monoisotopic (exact) mass is 1010 g/mol. The van der Waals surface area contributed by atoms with Crippen molar-refractivity contribution in [2.45, 2.75) is 38.9 Å². The zero-order valence-corrected chi connectivity index (χ0v) is 43.1. The number of aromatic nitrogens is 6. The Morgan fingerprint density at radius 3 is 1.23 bits per heavy atom. The number of rotatable bonds is 5. The summed E-state index contributed by atoms with van der Waals surface area (Å²) in [6.45, 7) is 8.34. The van der Waals surface area contributed by atoms with E-state index in [1.807, 2.05) is 36.4 Å². The number of nitrogens with zero attached hydrogens (tertiary/aromatic N) is 6. The Labute approximate surface area is 439 Å². The van der Waals surface area contributed by atoms with Crippen LogP contribution in [-0.4, -0.2) is 47.4 Å². The van der Waals surface area contributed by atoms with Crippen LogP contribution in [0.4, 0.5) is 0 Å². The Morgan fingerprint density at radius 1 is 0.419 bits per heavy atom. The minimum Gasteiger partial charge on any atom is -0.399 e. The molecule has 0 saturated carbocycles. The molecule has 8 aromatic carbocycles. The van der Waals surface area contributed by atoms with Gasteiger partial charge in [-0.15, -0.1) is 22.7 Å². The number of thiophene rings is 2. The smallest absolute Gasteiger partial charge is 0.399 e. The molecule has 356 valence electrons. The molecule has 1 aliphatic rings. The summed E-state index contributed by atoms with van der Waals surface area (Å²) in [6, 6.07) is 67.0. The van der Waals surface area contributed by atoms with Crippen molar-refractivity contribution in [1.29, 1.82) is 0 Å². The number of hydrogen-bond donors (Lipinski definition) is 0. The maximum absolute atomic E-state index is 6.40. The molecule has 0 unspecified atom stereocenters. The largest absolute Gasteiger partial charge is 0.494 e. The van der Waals surface area contributed by atoms with E-state index in [4.69, 9.17) is 40.8 Å². The maximum atomic E-state index is 6.40. The second-order valence-corrected chi connectivity index (χ2v) is 22.3. The summed E-state index contributed by atoms with van der Waals surface area (Å²) >= 11 is 9.83. The van der Waals surface area contributed by atoms with Crippen LogP contribution in [0, 0.1) is 0 Å². The Balaban J connectivity index is 0.000000140. The Bertz CT molecular complexity index is 4420. The summed E-state index contributed by atoms with van der Waals surface area (Å²) in [5.41, 5.74) is 10.4. The highest BCUT2D eigenvalue weighted by Gasteiger charge is 2.51. The van der Waals surface area contributed by atoms with Gasteiger partial charge in [0.15, 0.2) is 0 Å². The van der Waals surface area contributed by atoms with Gasteiger partial charge in [-0.05, 0) is 81.7 Å². The van der Waals surface area contributed by atoms with Gasteiger partial charge in [0.25, 0.3) is 0 Å². The van der Waals surface area contributed by atoms with E-state index in [9.17, 15) is 0 Å². The van der Waals surface area contributed by atoms with Crippen LogP contribution in [0.5, 0.6) is 0 Å². The molecule has 0 spiro atoms. The molecule has 0 bridgehead atoms. The molecule has 0 radical (unpaired) electrons. The number of halogens is 1. The molecule has 0 aliphatic carbocycles. The highest BCUT2D eigenvalue weighted by Crippen LogP contribution is 2.43. The number of para-hydroxylation sites is 4. The Kier molecular flexibility index (Phi) is 10.4. The molecule has 12 heteroatoms. The second-order valence-electron chi connectivity index (χ2n) is 19.8. The number of hydrogen-bond acceptors (Lipinski definition) is 8. The van der Waals surface area contributed by atoms with E-state index in [-0.39, 0.29) is 0 Å². The topological polar surface area (TPSA) is 79.9 Å². The van der Waals surface area contributed by atoms with Crippen molar-refractivity contribution in [1.82, 2.24) is 29.1 Å². The lowest BCUT2D eigenvalue weighted by molar-refractivity contribution is 0.00578. The fourth-order valence-electron chi connectivity index (χ4n) is 10.4. The average Bonchev–Trinajstić information content (AvgIpc) is 4.22. The third kappa shape index (κ3) is 7.17. The summed E-state index contributed by atoms with van der Waals surface area (Å²) in [5.74, 6) is 1.33. The molecule has 0 N–H and O–H groups in total. The fraction of sp³-hybridized carbons (Fsp3) is 0.0968. The number of fused-ring (bicyclic) bond motifs is 12. The van der Waals surface area contributed by atoms with Gasteiger partial charge in [-0.2, -0.15) is 0 Å². The average molecular weight is 1020 g/mol. The van der Waals surface area contributed by atoms with E-state index < -0.39 is 18.3 Å². The van der Waals surface area contributed by atoms with Crippen molar-refractivity contribution in [3.63, 3.8) is 0 Å². The van der Waals surface area contributed by atoms with Crippen LogP contribution in [0.2, 0.25) is 5.02 Å². The highest BCUT2D eigenvalue weighted by molar-refractivity contribution is 7.26. The van der Waals surface area contributed by atoms with Crippen LogP contribution in [0.25, 0.3) is 119 Å². The molecule has 0 atom stereocenters. The first-order chi connectivity index (χ1) is 36.1. The fourth-order valence-corrected chi connectivity index (χ4v) is 12.9. The second kappa shape index (κ2) is 17.2. The lowest BCUT2D eigenvalue weighted by atomic mass is 9.78. The van der Waals surface area contributed by atoms with Crippen molar-refractivity contribution in [2.24, 2.45) is 0 Å². The van der Waals surface area contributed by atoms with Gasteiger partial charge in [0.1, 0.15) is 0 Å². The predicted octanol–water partition coefficient (Wildman–Crippen LogP) is 16.2. The van der Waals surface area contributed by atoms with Gasteiger partial charge in [-0.25, -0.2) is 19.9 Å². The van der Waals surface area contributed by atoms with Crippen LogP contribution in [0.15, 0.2) is 194 Å². The van der Waals surface area contributed by atoms with Gasteiger partial charge in [-0.3, -0.25) is 9.13 Å². The summed E-state index contributed by atoms with van der Waals surface area (Å²) in [7, 11) is -0.438.